The summed E-state index contributed by atoms with van der Waals surface area (Å²) in [5, 5.41) is 12.8. The summed E-state index contributed by atoms with van der Waals surface area (Å²) in [4.78, 5) is 13.1. The Morgan fingerprint density at radius 1 is 1.45 bits per heavy atom. The van der Waals surface area contributed by atoms with E-state index in [0.29, 0.717) is 6.54 Å². The van der Waals surface area contributed by atoms with Gasteiger partial charge in [0.1, 0.15) is 18.5 Å². The molecule has 1 rings (SSSR count). The first-order valence-electron chi connectivity index (χ1n) is 6.72. The number of likely N-dealkylation sites (N-methyl/N-ethyl adjacent to an activating group) is 1. The fourth-order valence-corrected chi connectivity index (χ4v) is 1.74. The lowest BCUT2D eigenvalue weighted by molar-refractivity contribution is -0.130. The SMILES string of the molecule is Cc1cccc(OCC(O)CNC(C)C(=O)N(C)C)c1. The third kappa shape index (κ3) is 5.59. The van der Waals surface area contributed by atoms with Gasteiger partial charge in [0.15, 0.2) is 0 Å². The van der Waals surface area contributed by atoms with Crippen LogP contribution >= 0.6 is 0 Å². The monoisotopic (exact) mass is 280 g/mol. The van der Waals surface area contributed by atoms with Gasteiger partial charge in [0.2, 0.25) is 5.91 Å². The lowest BCUT2D eigenvalue weighted by atomic mass is 10.2. The molecule has 20 heavy (non-hydrogen) atoms. The van der Waals surface area contributed by atoms with Crippen molar-refractivity contribution in [1.82, 2.24) is 10.2 Å². The van der Waals surface area contributed by atoms with Gasteiger partial charge in [-0.3, -0.25) is 4.79 Å². The summed E-state index contributed by atoms with van der Waals surface area (Å²) >= 11 is 0. The van der Waals surface area contributed by atoms with Crippen LogP contribution < -0.4 is 10.1 Å². The van der Waals surface area contributed by atoms with Crippen LogP contribution in [0.25, 0.3) is 0 Å². The van der Waals surface area contributed by atoms with Crippen molar-refractivity contribution in [2.45, 2.75) is 26.0 Å². The van der Waals surface area contributed by atoms with Crippen molar-refractivity contribution in [2.24, 2.45) is 0 Å². The summed E-state index contributed by atoms with van der Waals surface area (Å²) in [6, 6.07) is 7.34. The van der Waals surface area contributed by atoms with E-state index in [1.165, 1.54) is 4.90 Å². The zero-order valence-corrected chi connectivity index (χ0v) is 12.6. The molecule has 0 aliphatic heterocycles. The number of aliphatic hydroxyl groups is 1. The number of aryl methyl sites for hydroxylation is 1. The molecule has 1 aromatic carbocycles. The molecule has 0 bridgehead atoms. The second-order valence-corrected chi connectivity index (χ2v) is 5.14. The normalized spacial score (nSPS) is 13.7. The Morgan fingerprint density at radius 3 is 2.75 bits per heavy atom. The fourth-order valence-electron chi connectivity index (χ4n) is 1.74. The summed E-state index contributed by atoms with van der Waals surface area (Å²) in [7, 11) is 3.41. The molecule has 5 heteroatoms. The van der Waals surface area contributed by atoms with Gasteiger partial charge in [-0.1, -0.05) is 12.1 Å². The van der Waals surface area contributed by atoms with Gasteiger partial charge in [0, 0.05) is 20.6 Å². The standard InChI is InChI=1S/C15H24N2O3/c1-11-6-5-7-14(8-11)20-10-13(18)9-16-12(2)15(19)17(3)4/h5-8,12-13,16,18H,9-10H2,1-4H3. The summed E-state index contributed by atoms with van der Waals surface area (Å²) in [5.74, 6) is 0.721. The Hall–Kier alpha value is -1.59. The number of carbonyl (C=O) groups is 1. The summed E-state index contributed by atoms with van der Waals surface area (Å²) < 4.78 is 5.50. The van der Waals surface area contributed by atoms with E-state index >= 15 is 0 Å². The molecule has 2 atom stereocenters. The van der Waals surface area contributed by atoms with Gasteiger partial charge in [0.05, 0.1) is 6.04 Å². The van der Waals surface area contributed by atoms with Gasteiger partial charge < -0.3 is 20.1 Å². The van der Waals surface area contributed by atoms with Crippen molar-refractivity contribution < 1.29 is 14.6 Å². The summed E-state index contributed by atoms with van der Waals surface area (Å²) in [5.41, 5.74) is 1.11. The molecule has 1 aromatic rings. The zero-order valence-electron chi connectivity index (χ0n) is 12.6. The number of nitrogens with zero attached hydrogens (tertiary/aromatic N) is 1. The molecule has 0 heterocycles. The first-order chi connectivity index (χ1) is 9.40. The van der Waals surface area contributed by atoms with Crippen LogP contribution in [-0.2, 0) is 4.79 Å². The molecule has 0 aromatic heterocycles. The zero-order chi connectivity index (χ0) is 15.1. The Kier molecular flexibility index (Phi) is 6.48. The smallest absolute Gasteiger partial charge is 0.238 e. The molecule has 0 saturated heterocycles. The van der Waals surface area contributed by atoms with E-state index in [1.54, 1.807) is 21.0 Å². The fraction of sp³-hybridized carbons (Fsp3) is 0.533. The molecule has 1 amide bonds. The van der Waals surface area contributed by atoms with E-state index in [0.717, 1.165) is 11.3 Å². The number of benzene rings is 1. The van der Waals surface area contributed by atoms with Crippen molar-refractivity contribution in [3.63, 3.8) is 0 Å². The highest BCUT2D eigenvalue weighted by molar-refractivity contribution is 5.80. The number of hydrogen-bond donors (Lipinski definition) is 2. The van der Waals surface area contributed by atoms with Crippen LogP contribution in [0, 0.1) is 6.92 Å². The van der Waals surface area contributed by atoms with Gasteiger partial charge in [0.25, 0.3) is 0 Å². The predicted octanol–water partition coefficient (Wildman–Crippen LogP) is 0.801. The molecular formula is C15H24N2O3. The molecule has 2 N–H and O–H groups in total. The van der Waals surface area contributed by atoms with Crippen molar-refractivity contribution >= 4 is 5.91 Å². The van der Waals surface area contributed by atoms with Crippen LogP contribution in [0.15, 0.2) is 24.3 Å². The molecule has 0 aliphatic carbocycles. The average Bonchev–Trinajstić information content (AvgIpc) is 2.41. The molecule has 0 saturated carbocycles. The Morgan fingerprint density at radius 2 is 2.15 bits per heavy atom. The van der Waals surface area contributed by atoms with E-state index in [-0.39, 0.29) is 18.6 Å². The third-order valence-corrected chi connectivity index (χ3v) is 2.90. The van der Waals surface area contributed by atoms with Crippen LogP contribution in [-0.4, -0.2) is 55.3 Å². The van der Waals surface area contributed by atoms with Crippen molar-refractivity contribution in [3.8, 4) is 5.75 Å². The maximum atomic E-state index is 11.6. The van der Waals surface area contributed by atoms with Gasteiger partial charge in [-0.25, -0.2) is 0 Å². The van der Waals surface area contributed by atoms with E-state index in [4.69, 9.17) is 4.74 Å². The molecule has 0 spiro atoms. The van der Waals surface area contributed by atoms with E-state index in [1.807, 2.05) is 31.2 Å². The molecule has 0 aliphatic rings. The Bertz CT molecular complexity index is 435. The third-order valence-electron chi connectivity index (χ3n) is 2.90. The van der Waals surface area contributed by atoms with Crippen LogP contribution in [0.1, 0.15) is 12.5 Å². The van der Waals surface area contributed by atoms with Gasteiger partial charge in [-0.05, 0) is 31.5 Å². The maximum Gasteiger partial charge on any atom is 0.238 e. The Balaban J connectivity index is 2.30. The topological polar surface area (TPSA) is 61.8 Å². The van der Waals surface area contributed by atoms with Crippen LogP contribution in [0.4, 0.5) is 0 Å². The van der Waals surface area contributed by atoms with E-state index in [9.17, 15) is 9.90 Å². The number of carbonyl (C=O) groups excluding carboxylic acids is 1. The number of rotatable bonds is 7. The molecule has 5 nitrogen and oxygen atoms in total. The number of nitrogens with one attached hydrogen (secondary N) is 1. The van der Waals surface area contributed by atoms with Crippen molar-refractivity contribution in [1.29, 1.82) is 0 Å². The maximum absolute atomic E-state index is 11.6. The van der Waals surface area contributed by atoms with Crippen LogP contribution in [0.2, 0.25) is 0 Å². The minimum atomic E-state index is -0.659. The summed E-state index contributed by atoms with van der Waals surface area (Å²) in [6.07, 6.45) is -0.659. The van der Waals surface area contributed by atoms with Gasteiger partial charge >= 0.3 is 0 Å². The van der Waals surface area contributed by atoms with Gasteiger partial charge in [-0.15, -0.1) is 0 Å². The number of hydrogen-bond acceptors (Lipinski definition) is 4. The lowest BCUT2D eigenvalue weighted by Gasteiger charge is -2.20. The van der Waals surface area contributed by atoms with Gasteiger partial charge in [-0.2, -0.15) is 0 Å². The van der Waals surface area contributed by atoms with Crippen LogP contribution in [0.5, 0.6) is 5.75 Å². The summed E-state index contributed by atoms with van der Waals surface area (Å²) in [6.45, 7) is 4.27. The van der Waals surface area contributed by atoms with E-state index in [2.05, 4.69) is 5.32 Å². The minimum Gasteiger partial charge on any atom is -0.491 e. The highest BCUT2D eigenvalue weighted by Gasteiger charge is 2.15. The molecular weight excluding hydrogens is 256 g/mol. The lowest BCUT2D eigenvalue weighted by Crippen LogP contribution is -2.45. The molecule has 0 radical (unpaired) electrons. The number of ether oxygens (including phenoxy) is 1. The second kappa shape index (κ2) is 7.87. The Labute approximate surface area is 120 Å². The van der Waals surface area contributed by atoms with Crippen molar-refractivity contribution in [2.75, 3.05) is 27.2 Å². The minimum absolute atomic E-state index is 0.0168. The first-order valence-corrected chi connectivity index (χ1v) is 6.72. The van der Waals surface area contributed by atoms with Crippen molar-refractivity contribution in [3.05, 3.63) is 29.8 Å². The average molecular weight is 280 g/mol. The number of aliphatic hydroxyl groups excluding tert-OH is 1. The highest BCUT2D eigenvalue weighted by atomic mass is 16.5. The quantitative estimate of drug-likeness (QED) is 0.775. The molecule has 112 valence electrons. The predicted molar refractivity (Wildman–Crippen MR) is 78.8 cm³/mol. The first kappa shape index (κ1) is 16.5. The highest BCUT2D eigenvalue weighted by Crippen LogP contribution is 2.12. The largest absolute Gasteiger partial charge is 0.491 e. The number of amides is 1. The van der Waals surface area contributed by atoms with E-state index < -0.39 is 6.10 Å². The molecule has 0 fully saturated rings. The van der Waals surface area contributed by atoms with Crippen LogP contribution in [0.3, 0.4) is 0 Å². The molecule has 2 unspecified atom stereocenters. The second-order valence-electron chi connectivity index (χ2n) is 5.14.